The van der Waals surface area contributed by atoms with Crippen molar-refractivity contribution in [2.75, 3.05) is 29.9 Å². The van der Waals surface area contributed by atoms with E-state index in [9.17, 15) is 4.79 Å². The van der Waals surface area contributed by atoms with Crippen LogP contribution < -0.4 is 15.5 Å². The summed E-state index contributed by atoms with van der Waals surface area (Å²) in [5, 5.41) is 6.05. The Labute approximate surface area is 164 Å². The monoisotopic (exact) mass is 367 g/mol. The number of aryl methyl sites for hydroxylation is 2. The van der Waals surface area contributed by atoms with Crippen LogP contribution in [0, 0.1) is 13.8 Å². The lowest BCUT2D eigenvalue weighted by Gasteiger charge is -2.25. The fraction of sp³-hybridized carbons (Fsp3) is 0.435. The van der Waals surface area contributed by atoms with E-state index in [1.54, 1.807) is 0 Å². The minimum Gasteiger partial charge on any atom is -0.370 e. The summed E-state index contributed by atoms with van der Waals surface area (Å²) in [6.45, 7) is 15.0. The lowest BCUT2D eigenvalue weighted by atomic mass is 9.84. The first-order valence-corrected chi connectivity index (χ1v) is 9.69. The van der Waals surface area contributed by atoms with Crippen LogP contribution in [0.15, 0.2) is 42.5 Å². The van der Waals surface area contributed by atoms with Crippen LogP contribution in [0.2, 0.25) is 0 Å². The number of hydrogen-bond donors (Lipinski definition) is 2. The minimum atomic E-state index is -0.157. The molecule has 2 amide bonds. The Hall–Kier alpha value is -2.49. The first-order chi connectivity index (χ1) is 12.7. The molecule has 0 fully saturated rings. The molecule has 0 aliphatic carbocycles. The Balaban J connectivity index is 1.97. The zero-order valence-corrected chi connectivity index (χ0v) is 17.5. The van der Waals surface area contributed by atoms with E-state index in [0.717, 1.165) is 29.9 Å². The van der Waals surface area contributed by atoms with Crippen LogP contribution >= 0.6 is 0 Å². The number of anilines is 2. The third kappa shape index (κ3) is 5.75. The smallest absolute Gasteiger partial charge is 0.319 e. The average Bonchev–Trinajstić information content (AvgIpc) is 2.59. The minimum absolute atomic E-state index is 0.0290. The van der Waals surface area contributed by atoms with Gasteiger partial charge in [0.15, 0.2) is 0 Å². The van der Waals surface area contributed by atoms with Gasteiger partial charge in [0.25, 0.3) is 0 Å². The molecule has 0 aliphatic heterocycles. The van der Waals surface area contributed by atoms with Gasteiger partial charge in [-0.15, -0.1) is 0 Å². The zero-order chi connectivity index (χ0) is 20.0. The highest BCUT2D eigenvalue weighted by Crippen LogP contribution is 2.31. The summed E-state index contributed by atoms with van der Waals surface area (Å²) in [6.07, 6.45) is 0. The largest absolute Gasteiger partial charge is 0.370 e. The molecule has 0 unspecified atom stereocenters. The van der Waals surface area contributed by atoms with Gasteiger partial charge in [-0.2, -0.15) is 0 Å². The average molecular weight is 368 g/mol. The third-order valence-corrected chi connectivity index (χ3v) is 4.74. The maximum absolute atomic E-state index is 12.5. The van der Waals surface area contributed by atoms with Crippen molar-refractivity contribution in [3.05, 3.63) is 59.2 Å². The Morgan fingerprint density at radius 2 is 1.78 bits per heavy atom. The van der Waals surface area contributed by atoms with E-state index in [0.29, 0.717) is 6.54 Å². The summed E-state index contributed by atoms with van der Waals surface area (Å²) in [4.78, 5) is 14.7. The Morgan fingerprint density at radius 3 is 2.41 bits per heavy atom. The van der Waals surface area contributed by atoms with Crippen molar-refractivity contribution in [2.45, 2.75) is 47.0 Å². The number of urea groups is 1. The molecule has 0 bridgehead atoms. The van der Waals surface area contributed by atoms with E-state index < -0.39 is 0 Å². The number of nitrogens with one attached hydrogen (secondary N) is 2. The normalized spacial score (nSPS) is 11.2. The topological polar surface area (TPSA) is 44.4 Å². The predicted molar refractivity (Wildman–Crippen MR) is 116 cm³/mol. The first-order valence-electron chi connectivity index (χ1n) is 9.69. The Kier molecular flexibility index (Phi) is 6.89. The second-order valence-corrected chi connectivity index (χ2v) is 8.05. The predicted octanol–water partition coefficient (Wildman–Crippen LogP) is 5.25. The summed E-state index contributed by atoms with van der Waals surface area (Å²) in [6, 6.07) is 14.4. The van der Waals surface area contributed by atoms with Gasteiger partial charge < -0.3 is 15.5 Å². The SMILES string of the molecule is CCN(CCNC(=O)Nc1c(C)cccc1C(C)(C)C)c1cccc(C)c1. The van der Waals surface area contributed by atoms with Gasteiger partial charge in [-0.3, -0.25) is 0 Å². The number of amides is 2. The molecule has 0 aliphatic rings. The van der Waals surface area contributed by atoms with Gasteiger partial charge in [-0.05, 0) is 55.0 Å². The van der Waals surface area contributed by atoms with Gasteiger partial charge in [-0.25, -0.2) is 4.79 Å². The molecule has 146 valence electrons. The molecule has 0 saturated carbocycles. The van der Waals surface area contributed by atoms with Crippen LogP contribution in [-0.2, 0) is 5.41 Å². The summed E-state index contributed by atoms with van der Waals surface area (Å²) >= 11 is 0. The number of nitrogens with zero attached hydrogens (tertiary/aromatic N) is 1. The maximum atomic E-state index is 12.5. The highest BCUT2D eigenvalue weighted by atomic mass is 16.2. The van der Waals surface area contributed by atoms with Crippen LogP contribution in [0.25, 0.3) is 0 Å². The molecular formula is C23H33N3O. The second-order valence-electron chi connectivity index (χ2n) is 8.05. The molecule has 2 rings (SSSR count). The molecule has 27 heavy (non-hydrogen) atoms. The van der Waals surface area contributed by atoms with E-state index in [-0.39, 0.29) is 11.4 Å². The van der Waals surface area contributed by atoms with Crippen LogP contribution in [0.1, 0.15) is 44.4 Å². The van der Waals surface area contributed by atoms with Crippen molar-refractivity contribution in [1.29, 1.82) is 0 Å². The van der Waals surface area contributed by atoms with E-state index in [2.05, 4.69) is 80.5 Å². The number of carbonyl (C=O) groups excluding carboxylic acids is 1. The molecular weight excluding hydrogens is 334 g/mol. The molecule has 0 radical (unpaired) electrons. The quantitative estimate of drug-likeness (QED) is 0.732. The van der Waals surface area contributed by atoms with Crippen molar-refractivity contribution in [3.63, 3.8) is 0 Å². The van der Waals surface area contributed by atoms with Crippen molar-refractivity contribution in [2.24, 2.45) is 0 Å². The fourth-order valence-corrected chi connectivity index (χ4v) is 3.22. The van der Waals surface area contributed by atoms with Gasteiger partial charge in [-0.1, -0.05) is 51.1 Å². The van der Waals surface area contributed by atoms with Crippen molar-refractivity contribution < 1.29 is 4.79 Å². The lowest BCUT2D eigenvalue weighted by molar-refractivity contribution is 0.252. The zero-order valence-electron chi connectivity index (χ0n) is 17.5. The molecule has 4 heteroatoms. The van der Waals surface area contributed by atoms with Crippen molar-refractivity contribution in [3.8, 4) is 0 Å². The molecule has 4 nitrogen and oxygen atoms in total. The Morgan fingerprint density at radius 1 is 1.07 bits per heavy atom. The van der Waals surface area contributed by atoms with E-state index >= 15 is 0 Å². The van der Waals surface area contributed by atoms with Crippen LogP contribution in [-0.4, -0.2) is 25.7 Å². The van der Waals surface area contributed by atoms with E-state index in [1.165, 1.54) is 11.3 Å². The summed E-state index contributed by atoms with van der Waals surface area (Å²) in [5.74, 6) is 0. The summed E-state index contributed by atoms with van der Waals surface area (Å²) in [5.41, 5.74) is 5.53. The molecule has 0 aromatic heterocycles. The first kappa shape index (κ1) is 20.8. The van der Waals surface area contributed by atoms with E-state index in [4.69, 9.17) is 0 Å². The van der Waals surface area contributed by atoms with E-state index in [1.807, 2.05) is 19.1 Å². The number of likely N-dealkylation sites (N-methyl/N-ethyl adjacent to an activating group) is 1. The molecule has 2 N–H and O–H groups in total. The maximum Gasteiger partial charge on any atom is 0.319 e. The Bertz CT molecular complexity index is 777. The van der Waals surface area contributed by atoms with Gasteiger partial charge >= 0.3 is 6.03 Å². The van der Waals surface area contributed by atoms with Gasteiger partial charge in [0, 0.05) is 31.0 Å². The molecule has 0 saturated heterocycles. The highest BCUT2D eigenvalue weighted by molar-refractivity contribution is 5.91. The number of hydrogen-bond acceptors (Lipinski definition) is 2. The highest BCUT2D eigenvalue weighted by Gasteiger charge is 2.20. The number of para-hydroxylation sites is 1. The van der Waals surface area contributed by atoms with Gasteiger partial charge in [0.2, 0.25) is 0 Å². The number of carbonyl (C=O) groups is 1. The standard InChI is InChI=1S/C23H33N3O/c1-7-26(19-12-8-10-17(2)16-19)15-14-24-22(27)25-21-18(3)11-9-13-20(21)23(4,5)6/h8-13,16H,7,14-15H2,1-6H3,(H2,24,25,27). The lowest BCUT2D eigenvalue weighted by Crippen LogP contribution is -2.37. The summed E-state index contributed by atoms with van der Waals surface area (Å²) < 4.78 is 0. The van der Waals surface area contributed by atoms with Crippen molar-refractivity contribution in [1.82, 2.24) is 5.32 Å². The molecule has 0 heterocycles. The van der Waals surface area contributed by atoms with Gasteiger partial charge in [0.1, 0.15) is 0 Å². The molecule has 0 atom stereocenters. The molecule has 2 aromatic rings. The second kappa shape index (κ2) is 8.94. The fourth-order valence-electron chi connectivity index (χ4n) is 3.22. The van der Waals surface area contributed by atoms with Crippen LogP contribution in [0.4, 0.5) is 16.2 Å². The third-order valence-electron chi connectivity index (χ3n) is 4.74. The van der Waals surface area contributed by atoms with Crippen LogP contribution in [0.5, 0.6) is 0 Å². The molecule has 0 spiro atoms. The number of rotatable bonds is 6. The van der Waals surface area contributed by atoms with Gasteiger partial charge in [0.05, 0.1) is 0 Å². The molecule has 2 aromatic carbocycles. The number of benzene rings is 2. The summed E-state index contributed by atoms with van der Waals surface area (Å²) in [7, 11) is 0. The van der Waals surface area contributed by atoms with Crippen LogP contribution in [0.3, 0.4) is 0 Å². The van der Waals surface area contributed by atoms with Crippen molar-refractivity contribution >= 4 is 17.4 Å².